The van der Waals surface area contributed by atoms with E-state index in [1.54, 1.807) is 24.4 Å². The molecule has 2 aromatic carbocycles. The van der Waals surface area contributed by atoms with Crippen LogP contribution in [0.5, 0.6) is 0 Å². The summed E-state index contributed by atoms with van der Waals surface area (Å²) in [5.74, 6) is -0.832. The van der Waals surface area contributed by atoms with Gasteiger partial charge in [0.1, 0.15) is 17.3 Å². The van der Waals surface area contributed by atoms with E-state index < -0.39 is 5.82 Å². The lowest BCUT2D eigenvalue weighted by molar-refractivity contribution is 0.627. The van der Waals surface area contributed by atoms with E-state index >= 15 is 0 Å². The third kappa shape index (κ3) is 2.60. The van der Waals surface area contributed by atoms with Crippen molar-refractivity contribution < 1.29 is 8.78 Å². The van der Waals surface area contributed by atoms with E-state index in [1.165, 1.54) is 28.9 Å². The number of nitrogen functional groups attached to an aromatic ring is 1. The Balaban J connectivity index is 2.05. The summed E-state index contributed by atoms with van der Waals surface area (Å²) in [4.78, 5) is 0. The molecule has 0 spiro atoms. The summed E-state index contributed by atoms with van der Waals surface area (Å²) in [5.41, 5.74) is 8.12. The second-order valence-corrected chi connectivity index (χ2v) is 4.89. The van der Waals surface area contributed by atoms with Gasteiger partial charge in [-0.15, -0.1) is 0 Å². The molecule has 0 fully saturated rings. The van der Waals surface area contributed by atoms with Gasteiger partial charge >= 0.3 is 0 Å². The molecule has 0 bridgehead atoms. The molecular formula is C15H10ClF2N3. The summed E-state index contributed by atoms with van der Waals surface area (Å²) < 4.78 is 27.7. The van der Waals surface area contributed by atoms with Crippen molar-refractivity contribution in [1.29, 1.82) is 0 Å². The number of hydrogen-bond donors (Lipinski definition) is 1. The minimum absolute atomic E-state index is 0.00299. The topological polar surface area (TPSA) is 43.8 Å². The van der Waals surface area contributed by atoms with Crippen molar-refractivity contribution in [1.82, 2.24) is 9.78 Å². The molecule has 0 amide bonds. The van der Waals surface area contributed by atoms with Crippen LogP contribution in [0.2, 0.25) is 5.02 Å². The normalized spacial score (nSPS) is 10.8. The summed E-state index contributed by atoms with van der Waals surface area (Å²) >= 11 is 5.77. The Hall–Kier alpha value is -2.40. The van der Waals surface area contributed by atoms with Crippen LogP contribution >= 0.6 is 11.6 Å². The first-order valence-corrected chi connectivity index (χ1v) is 6.49. The second kappa shape index (κ2) is 5.18. The zero-order valence-electron chi connectivity index (χ0n) is 10.7. The highest BCUT2D eigenvalue weighted by molar-refractivity contribution is 6.31. The van der Waals surface area contributed by atoms with Gasteiger partial charge in [0.25, 0.3) is 0 Å². The molecule has 0 unspecified atom stereocenters. The smallest absolute Gasteiger partial charge is 0.141 e. The number of aromatic nitrogens is 2. The van der Waals surface area contributed by atoms with E-state index in [4.69, 9.17) is 17.3 Å². The van der Waals surface area contributed by atoms with Crippen molar-refractivity contribution in [2.24, 2.45) is 0 Å². The molecule has 3 rings (SSSR count). The largest absolute Gasteiger partial charge is 0.396 e. The molecule has 0 aliphatic rings. The van der Waals surface area contributed by atoms with Crippen molar-refractivity contribution in [2.45, 2.75) is 0 Å². The first kappa shape index (κ1) is 13.6. The molecule has 0 saturated carbocycles. The van der Waals surface area contributed by atoms with Crippen LogP contribution in [0.15, 0.2) is 48.7 Å². The predicted octanol–water partition coefficient (Wildman–Crippen LogP) is 4.05. The van der Waals surface area contributed by atoms with Crippen LogP contribution in [-0.2, 0) is 0 Å². The number of benzene rings is 2. The minimum Gasteiger partial charge on any atom is -0.396 e. The summed E-state index contributed by atoms with van der Waals surface area (Å²) in [6.07, 6.45) is 1.61. The monoisotopic (exact) mass is 305 g/mol. The zero-order chi connectivity index (χ0) is 15.0. The number of hydrogen-bond acceptors (Lipinski definition) is 2. The van der Waals surface area contributed by atoms with Crippen LogP contribution in [0.4, 0.5) is 14.5 Å². The van der Waals surface area contributed by atoms with Crippen LogP contribution in [-0.4, -0.2) is 9.78 Å². The van der Waals surface area contributed by atoms with E-state index in [1.807, 2.05) is 0 Å². The van der Waals surface area contributed by atoms with Gasteiger partial charge in [-0.05, 0) is 42.5 Å². The molecule has 6 heteroatoms. The van der Waals surface area contributed by atoms with Crippen LogP contribution in [0, 0.1) is 11.6 Å². The van der Waals surface area contributed by atoms with Gasteiger partial charge in [0.15, 0.2) is 0 Å². The molecule has 0 saturated heterocycles. The van der Waals surface area contributed by atoms with E-state index in [9.17, 15) is 8.78 Å². The van der Waals surface area contributed by atoms with Gasteiger partial charge in [-0.2, -0.15) is 5.10 Å². The molecule has 3 nitrogen and oxygen atoms in total. The lowest BCUT2D eigenvalue weighted by Gasteiger charge is -2.01. The summed E-state index contributed by atoms with van der Waals surface area (Å²) in [7, 11) is 0. The Labute approximate surface area is 124 Å². The van der Waals surface area contributed by atoms with Crippen molar-refractivity contribution >= 4 is 17.3 Å². The lowest BCUT2D eigenvalue weighted by atomic mass is 10.1. The number of nitrogens with two attached hydrogens (primary N) is 1. The molecule has 2 N–H and O–H groups in total. The fraction of sp³-hybridized carbons (Fsp3) is 0. The van der Waals surface area contributed by atoms with E-state index in [0.29, 0.717) is 22.6 Å². The maximum atomic E-state index is 13.2. The molecular weight excluding hydrogens is 296 g/mol. The number of rotatable bonds is 2. The van der Waals surface area contributed by atoms with Gasteiger partial charge < -0.3 is 5.73 Å². The Morgan fingerprint density at radius 1 is 1.05 bits per heavy atom. The van der Waals surface area contributed by atoms with E-state index in [-0.39, 0.29) is 10.8 Å². The van der Waals surface area contributed by atoms with Crippen molar-refractivity contribution in [2.75, 3.05) is 5.73 Å². The number of anilines is 1. The van der Waals surface area contributed by atoms with Crippen molar-refractivity contribution in [3.8, 4) is 16.9 Å². The third-order valence-corrected chi connectivity index (χ3v) is 3.32. The highest BCUT2D eigenvalue weighted by Gasteiger charge is 2.11. The summed E-state index contributed by atoms with van der Waals surface area (Å²) in [6, 6.07) is 10.1. The molecule has 0 radical (unpaired) electrons. The van der Waals surface area contributed by atoms with Crippen LogP contribution in [0.1, 0.15) is 0 Å². The average molecular weight is 306 g/mol. The Bertz CT molecular complexity index is 797. The maximum absolute atomic E-state index is 13.2. The van der Waals surface area contributed by atoms with Gasteiger partial charge in [-0.1, -0.05) is 11.6 Å². The zero-order valence-corrected chi connectivity index (χ0v) is 11.5. The average Bonchev–Trinajstić information content (AvgIpc) is 2.85. The minimum atomic E-state index is -0.503. The van der Waals surface area contributed by atoms with Gasteiger partial charge in [-0.3, -0.25) is 0 Å². The Kier molecular flexibility index (Phi) is 3.35. The van der Waals surface area contributed by atoms with E-state index in [2.05, 4.69) is 5.10 Å². The lowest BCUT2D eigenvalue weighted by Crippen LogP contribution is -1.94. The van der Waals surface area contributed by atoms with Gasteiger partial charge in [-0.25, -0.2) is 13.5 Å². The van der Waals surface area contributed by atoms with E-state index in [0.717, 1.165) is 0 Å². The third-order valence-electron chi connectivity index (χ3n) is 3.03. The molecule has 3 aromatic rings. The standard InChI is InChI=1S/C15H10ClF2N3/c16-12-7-9(1-6-13(12)18)15-14(19)8-21(20-15)11-4-2-10(17)3-5-11/h1-8H,19H2. The van der Waals surface area contributed by atoms with Crippen LogP contribution < -0.4 is 5.73 Å². The SMILES string of the molecule is Nc1cn(-c2ccc(F)cc2)nc1-c1ccc(F)c(Cl)c1. The van der Waals surface area contributed by atoms with Gasteiger partial charge in [0.2, 0.25) is 0 Å². The van der Waals surface area contributed by atoms with Crippen LogP contribution in [0.3, 0.4) is 0 Å². The fourth-order valence-corrected chi connectivity index (χ4v) is 2.16. The Morgan fingerprint density at radius 2 is 1.76 bits per heavy atom. The fourth-order valence-electron chi connectivity index (χ4n) is 1.98. The number of nitrogens with zero attached hydrogens (tertiary/aromatic N) is 2. The highest BCUT2D eigenvalue weighted by atomic mass is 35.5. The highest BCUT2D eigenvalue weighted by Crippen LogP contribution is 2.28. The molecule has 0 atom stereocenters. The number of halogens is 3. The molecule has 1 heterocycles. The maximum Gasteiger partial charge on any atom is 0.141 e. The molecule has 1 aromatic heterocycles. The first-order valence-electron chi connectivity index (χ1n) is 6.11. The van der Waals surface area contributed by atoms with Gasteiger partial charge in [0, 0.05) is 5.56 Å². The second-order valence-electron chi connectivity index (χ2n) is 4.48. The molecule has 106 valence electrons. The Morgan fingerprint density at radius 3 is 2.43 bits per heavy atom. The molecule has 0 aliphatic carbocycles. The summed E-state index contributed by atoms with van der Waals surface area (Å²) in [5, 5.41) is 4.34. The quantitative estimate of drug-likeness (QED) is 0.776. The molecule has 0 aliphatic heterocycles. The molecule has 21 heavy (non-hydrogen) atoms. The van der Waals surface area contributed by atoms with Crippen molar-refractivity contribution in [3.05, 3.63) is 65.3 Å². The first-order chi connectivity index (χ1) is 10.0. The van der Waals surface area contributed by atoms with Gasteiger partial charge in [0.05, 0.1) is 22.6 Å². The predicted molar refractivity (Wildman–Crippen MR) is 78.3 cm³/mol. The van der Waals surface area contributed by atoms with Crippen molar-refractivity contribution in [3.63, 3.8) is 0 Å². The van der Waals surface area contributed by atoms with Crippen LogP contribution in [0.25, 0.3) is 16.9 Å². The summed E-state index contributed by atoms with van der Waals surface area (Å²) in [6.45, 7) is 0.